The number of benzene rings is 2. The van der Waals surface area contributed by atoms with Gasteiger partial charge in [0.15, 0.2) is 0 Å². The Morgan fingerprint density at radius 2 is 1.44 bits per heavy atom. The molecule has 0 atom stereocenters. The van der Waals surface area contributed by atoms with Crippen LogP contribution in [0.1, 0.15) is 0 Å². The highest BCUT2D eigenvalue weighted by Crippen LogP contribution is 2.09. The molecular weight excluding hydrogens is 397 g/mol. The molecule has 0 aliphatic heterocycles. The summed E-state index contributed by atoms with van der Waals surface area (Å²) in [5.74, 6) is -1.37. The topological polar surface area (TPSA) is 121 Å². The van der Waals surface area contributed by atoms with Crippen LogP contribution in [-0.4, -0.2) is 42.4 Å². The predicted molar refractivity (Wildman–Crippen MR) is 96.2 cm³/mol. The van der Waals surface area contributed by atoms with Crippen LogP contribution in [0.15, 0.2) is 64.4 Å². The maximum absolute atomic E-state index is 13.1. The van der Waals surface area contributed by atoms with Crippen LogP contribution in [0.25, 0.3) is 0 Å². The van der Waals surface area contributed by atoms with Gasteiger partial charge < -0.3 is 5.32 Å². The predicted octanol–water partition coefficient (Wildman–Crippen LogP) is 0.199. The molecule has 0 fully saturated rings. The zero-order valence-electron chi connectivity index (χ0n) is 14.1. The molecule has 146 valence electrons. The lowest BCUT2D eigenvalue weighted by Gasteiger charge is -2.09. The van der Waals surface area contributed by atoms with E-state index in [0.29, 0.717) is 0 Å². The van der Waals surface area contributed by atoms with Crippen molar-refractivity contribution in [1.82, 2.24) is 14.8 Å². The van der Waals surface area contributed by atoms with Gasteiger partial charge in [-0.25, -0.2) is 30.7 Å². The van der Waals surface area contributed by atoms with Crippen LogP contribution in [0, 0.1) is 5.82 Å². The normalized spacial score (nSPS) is 11.9. The fourth-order valence-electron chi connectivity index (χ4n) is 2.01. The molecule has 0 spiro atoms. The molecule has 1 amide bonds. The minimum Gasteiger partial charge on any atom is -0.354 e. The lowest BCUT2D eigenvalue weighted by molar-refractivity contribution is -0.119. The number of hydrogen-bond acceptors (Lipinski definition) is 5. The second-order valence-corrected chi connectivity index (χ2v) is 8.88. The average Bonchev–Trinajstić information content (AvgIpc) is 2.64. The Kier molecular flexibility index (Phi) is 7.02. The highest BCUT2D eigenvalue weighted by Gasteiger charge is 2.16. The maximum Gasteiger partial charge on any atom is 0.241 e. The first-order valence-electron chi connectivity index (χ1n) is 7.77. The molecule has 0 aliphatic rings. The second-order valence-electron chi connectivity index (χ2n) is 5.34. The molecule has 2 aromatic carbocycles. The van der Waals surface area contributed by atoms with Gasteiger partial charge in [-0.1, -0.05) is 24.3 Å². The fourth-order valence-corrected chi connectivity index (χ4v) is 4.08. The Morgan fingerprint density at radius 3 is 2.11 bits per heavy atom. The molecule has 2 rings (SSSR count). The Bertz CT molecular complexity index is 996. The van der Waals surface area contributed by atoms with E-state index in [-0.39, 0.29) is 22.9 Å². The van der Waals surface area contributed by atoms with Gasteiger partial charge in [0.1, 0.15) is 5.82 Å². The summed E-state index contributed by atoms with van der Waals surface area (Å²) in [7, 11) is -7.71. The molecular formula is C16H18FN3O5S2. The zero-order chi connectivity index (χ0) is 19.9. The first-order chi connectivity index (χ1) is 12.7. The summed E-state index contributed by atoms with van der Waals surface area (Å²) >= 11 is 0. The summed E-state index contributed by atoms with van der Waals surface area (Å²) in [5, 5.41) is 2.38. The van der Waals surface area contributed by atoms with Gasteiger partial charge in [-0.2, -0.15) is 0 Å². The summed E-state index contributed by atoms with van der Waals surface area (Å²) in [6, 6.07) is 12.1. The monoisotopic (exact) mass is 415 g/mol. The van der Waals surface area contributed by atoms with E-state index in [2.05, 4.69) is 10.0 Å². The lowest BCUT2D eigenvalue weighted by atomic mass is 10.4. The number of carbonyl (C=O) groups is 1. The third-order valence-corrected chi connectivity index (χ3v) is 6.20. The van der Waals surface area contributed by atoms with Gasteiger partial charge in [0.2, 0.25) is 26.0 Å². The van der Waals surface area contributed by atoms with E-state index in [1.54, 1.807) is 18.2 Å². The third-order valence-electron chi connectivity index (χ3n) is 3.32. The van der Waals surface area contributed by atoms with E-state index >= 15 is 0 Å². The Morgan fingerprint density at radius 1 is 0.815 bits per heavy atom. The molecule has 0 aromatic heterocycles. The quantitative estimate of drug-likeness (QED) is 0.505. The van der Waals surface area contributed by atoms with Gasteiger partial charge in [-0.3, -0.25) is 4.79 Å². The maximum atomic E-state index is 13.1. The van der Waals surface area contributed by atoms with Crippen molar-refractivity contribution < 1.29 is 26.0 Å². The summed E-state index contributed by atoms with van der Waals surface area (Å²) in [6.07, 6.45) is 0. The highest BCUT2D eigenvalue weighted by atomic mass is 32.2. The Labute approximate surface area is 156 Å². The first kappa shape index (κ1) is 21.0. The summed E-state index contributed by atoms with van der Waals surface area (Å²) < 4.78 is 65.3. The number of carbonyl (C=O) groups excluding carboxylic acids is 1. The molecule has 0 radical (unpaired) electrons. The molecule has 3 N–H and O–H groups in total. The van der Waals surface area contributed by atoms with E-state index in [9.17, 15) is 26.0 Å². The molecule has 8 nitrogen and oxygen atoms in total. The minimum atomic E-state index is -4.03. The van der Waals surface area contributed by atoms with Gasteiger partial charge in [0.05, 0.1) is 16.3 Å². The Balaban J connectivity index is 1.77. The van der Waals surface area contributed by atoms with Crippen molar-refractivity contribution in [2.24, 2.45) is 0 Å². The van der Waals surface area contributed by atoms with Crippen molar-refractivity contribution in [2.75, 3.05) is 19.6 Å². The molecule has 0 heterocycles. The largest absolute Gasteiger partial charge is 0.354 e. The van der Waals surface area contributed by atoms with Gasteiger partial charge in [0, 0.05) is 13.1 Å². The van der Waals surface area contributed by atoms with E-state index in [1.807, 2.05) is 4.72 Å². The van der Waals surface area contributed by atoms with Gasteiger partial charge in [-0.15, -0.1) is 0 Å². The van der Waals surface area contributed by atoms with Crippen LogP contribution in [0.5, 0.6) is 0 Å². The van der Waals surface area contributed by atoms with Crippen molar-refractivity contribution in [3.8, 4) is 0 Å². The zero-order valence-corrected chi connectivity index (χ0v) is 15.7. The second kappa shape index (κ2) is 9.04. The smallest absolute Gasteiger partial charge is 0.241 e. The first-order valence-corrected chi connectivity index (χ1v) is 10.7. The van der Waals surface area contributed by atoms with Crippen LogP contribution in [0.3, 0.4) is 0 Å². The molecule has 11 heteroatoms. The van der Waals surface area contributed by atoms with Gasteiger partial charge in [0.25, 0.3) is 0 Å². The van der Waals surface area contributed by atoms with Crippen molar-refractivity contribution in [2.45, 2.75) is 9.79 Å². The number of nitrogens with one attached hydrogen (secondary N) is 3. The lowest BCUT2D eigenvalue weighted by Crippen LogP contribution is -2.40. The number of amides is 1. The number of sulfonamides is 2. The molecule has 0 saturated heterocycles. The summed E-state index contributed by atoms with van der Waals surface area (Å²) in [6.45, 7) is -0.670. The van der Waals surface area contributed by atoms with Crippen LogP contribution >= 0.6 is 0 Å². The Hall–Kier alpha value is -2.34. The highest BCUT2D eigenvalue weighted by molar-refractivity contribution is 7.89. The van der Waals surface area contributed by atoms with Crippen LogP contribution in [0.2, 0.25) is 0 Å². The number of hydrogen-bond donors (Lipinski definition) is 3. The fraction of sp³-hybridized carbons (Fsp3) is 0.188. The van der Waals surface area contributed by atoms with Crippen LogP contribution < -0.4 is 14.8 Å². The number of rotatable bonds is 9. The van der Waals surface area contributed by atoms with Crippen LogP contribution in [-0.2, 0) is 24.8 Å². The van der Waals surface area contributed by atoms with Crippen molar-refractivity contribution in [3.05, 3.63) is 60.4 Å². The van der Waals surface area contributed by atoms with E-state index in [0.717, 1.165) is 12.1 Å². The molecule has 0 bridgehead atoms. The van der Waals surface area contributed by atoms with E-state index < -0.39 is 38.3 Å². The van der Waals surface area contributed by atoms with E-state index in [4.69, 9.17) is 0 Å². The SMILES string of the molecule is O=C(CNS(=O)(=O)c1cccc(F)c1)NCCNS(=O)(=O)c1ccccc1. The molecule has 0 aliphatic carbocycles. The molecule has 0 saturated carbocycles. The van der Waals surface area contributed by atoms with Crippen LogP contribution in [0.4, 0.5) is 4.39 Å². The molecule has 2 aromatic rings. The standard InChI is InChI=1S/C16H18FN3O5S2/c17-13-5-4-8-15(11-13)27(24,25)20-12-16(21)18-9-10-19-26(22,23)14-6-2-1-3-7-14/h1-8,11,19-20H,9-10,12H2,(H,18,21). The minimum absolute atomic E-state index is 0.0351. The number of halogens is 1. The van der Waals surface area contributed by atoms with Crippen molar-refractivity contribution in [3.63, 3.8) is 0 Å². The third kappa shape index (κ3) is 6.40. The van der Waals surface area contributed by atoms with Gasteiger partial charge >= 0.3 is 0 Å². The van der Waals surface area contributed by atoms with Gasteiger partial charge in [-0.05, 0) is 30.3 Å². The molecule has 0 unspecified atom stereocenters. The molecule has 27 heavy (non-hydrogen) atoms. The van der Waals surface area contributed by atoms with E-state index in [1.165, 1.54) is 24.3 Å². The van der Waals surface area contributed by atoms with Crippen molar-refractivity contribution >= 4 is 26.0 Å². The van der Waals surface area contributed by atoms with Crippen molar-refractivity contribution in [1.29, 1.82) is 0 Å². The summed E-state index contributed by atoms with van der Waals surface area (Å²) in [5.41, 5.74) is 0. The summed E-state index contributed by atoms with van der Waals surface area (Å²) in [4.78, 5) is 11.5. The average molecular weight is 415 g/mol.